The summed E-state index contributed by atoms with van der Waals surface area (Å²) in [4.78, 5) is 19.1. The van der Waals surface area contributed by atoms with Gasteiger partial charge in [0.25, 0.3) is 0 Å². The van der Waals surface area contributed by atoms with Gasteiger partial charge in [-0.15, -0.1) is 0 Å². The number of anilines is 1. The predicted octanol–water partition coefficient (Wildman–Crippen LogP) is 0.910. The van der Waals surface area contributed by atoms with Crippen LogP contribution in [0.15, 0.2) is 24.3 Å². The molecule has 3 saturated heterocycles. The Morgan fingerprint density at radius 3 is 2.38 bits per heavy atom. The van der Waals surface area contributed by atoms with Crippen LogP contribution in [0.2, 0.25) is 0 Å². The largest absolute Gasteiger partial charge is 0.369 e. The van der Waals surface area contributed by atoms with Gasteiger partial charge < -0.3 is 10.2 Å². The van der Waals surface area contributed by atoms with Crippen LogP contribution in [-0.4, -0.2) is 73.6 Å². The number of nitrogens with one attached hydrogen (secondary N) is 1. The molecule has 1 unspecified atom stereocenters. The molecule has 0 radical (unpaired) electrons. The molecule has 1 atom stereocenters. The fourth-order valence-corrected chi connectivity index (χ4v) is 4.07. The summed E-state index contributed by atoms with van der Waals surface area (Å²) in [6, 6.07) is 7.45. The summed E-state index contributed by atoms with van der Waals surface area (Å²) in [5, 5.41) is 2.98. The maximum absolute atomic E-state index is 13.0. The molecule has 1 N–H and O–H groups in total. The maximum atomic E-state index is 13.0. The van der Waals surface area contributed by atoms with Gasteiger partial charge in [-0.25, -0.2) is 4.39 Å². The zero-order valence-electron chi connectivity index (χ0n) is 14.0. The first-order chi connectivity index (χ1) is 11.7. The first kappa shape index (κ1) is 15.8. The van der Waals surface area contributed by atoms with E-state index in [2.05, 4.69) is 20.0 Å². The minimum absolute atomic E-state index is 0.0931. The van der Waals surface area contributed by atoms with Crippen molar-refractivity contribution in [1.82, 2.24) is 15.1 Å². The number of hydrogen-bond acceptors (Lipinski definition) is 4. The van der Waals surface area contributed by atoms with Crippen LogP contribution < -0.4 is 10.2 Å². The Hall–Kier alpha value is -1.66. The summed E-state index contributed by atoms with van der Waals surface area (Å²) < 4.78 is 13.0. The quantitative estimate of drug-likeness (QED) is 0.893. The Morgan fingerprint density at radius 1 is 1.00 bits per heavy atom. The number of rotatable bonds is 3. The summed E-state index contributed by atoms with van der Waals surface area (Å²) in [5.74, 6) is 0.0273. The monoisotopic (exact) mass is 332 g/mol. The number of nitrogens with zero attached hydrogens (tertiary/aromatic N) is 3. The fraction of sp³-hybridized carbons (Fsp3) is 0.611. The third-order valence-electron chi connectivity index (χ3n) is 5.61. The first-order valence-electron chi connectivity index (χ1n) is 8.97. The second kappa shape index (κ2) is 6.69. The molecular weight excluding hydrogens is 307 g/mol. The number of amides is 1. The molecule has 0 saturated carbocycles. The third kappa shape index (κ3) is 3.13. The Labute approximate surface area is 142 Å². The molecule has 1 amide bonds. The maximum Gasteiger partial charge on any atom is 0.237 e. The summed E-state index contributed by atoms with van der Waals surface area (Å²) in [6.07, 6.45) is 2.09. The number of carbonyl (C=O) groups is 1. The van der Waals surface area contributed by atoms with Crippen LogP contribution in [0.25, 0.3) is 0 Å². The molecule has 24 heavy (non-hydrogen) atoms. The molecule has 3 aliphatic heterocycles. The number of carbonyl (C=O) groups excluding carboxylic acids is 1. The molecule has 1 aromatic carbocycles. The van der Waals surface area contributed by atoms with E-state index in [0.29, 0.717) is 6.04 Å². The lowest BCUT2D eigenvalue weighted by Crippen LogP contribution is -2.67. The predicted molar refractivity (Wildman–Crippen MR) is 91.6 cm³/mol. The Balaban J connectivity index is 1.25. The van der Waals surface area contributed by atoms with Crippen LogP contribution in [-0.2, 0) is 4.79 Å². The van der Waals surface area contributed by atoms with E-state index >= 15 is 0 Å². The topological polar surface area (TPSA) is 38.8 Å². The number of piperidine rings is 1. The van der Waals surface area contributed by atoms with Crippen molar-refractivity contribution < 1.29 is 9.18 Å². The van der Waals surface area contributed by atoms with Crippen molar-refractivity contribution in [2.45, 2.75) is 24.9 Å². The summed E-state index contributed by atoms with van der Waals surface area (Å²) in [6.45, 7) is 6.87. The summed E-state index contributed by atoms with van der Waals surface area (Å²) in [5.41, 5.74) is 1.10. The molecule has 3 heterocycles. The first-order valence-corrected chi connectivity index (χ1v) is 8.97. The molecule has 0 spiro atoms. The molecule has 0 aliphatic carbocycles. The van der Waals surface area contributed by atoms with Crippen molar-refractivity contribution in [3.8, 4) is 0 Å². The number of hydrogen-bond donors (Lipinski definition) is 1. The van der Waals surface area contributed by atoms with Crippen LogP contribution in [0.4, 0.5) is 10.1 Å². The van der Waals surface area contributed by atoms with E-state index in [-0.39, 0.29) is 17.8 Å². The lowest BCUT2D eigenvalue weighted by Gasteiger charge is -2.51. The van der Waals surface area contributed by atoms with Gasteiger partial charge in [0.05, 0.1) is 6.04 Å². The van der Waals surface area contributed by atoms with Gasteiger partial charge in [-0.1, -0.05) is 0 Å². The van der Waals surface area contributed by atoms with E-state index in [1.54, 1.807) is 0 Å². The van der Waals surface area contributed by atoms with Crippen molar-refractivity contribution in [3.63, 3.8) is 0 Å². The van der Waals surface area contributed by atoms with Crippen molar-refractivity contribution in [1.29, 1.82) is 0 Å². The number of piperazine rings is 1. The molecule has 130 valence electrons. The Bertz CT molecular complexity index is 579. The van der Waals surface area contributed by atoms with Gasteiger partial charge in [0.15, 0.2) is 0 Å². The van der Waals surface area contributed by atoms with Gasteiger partial charge in [-0.05, 0) is 37.1 Å². The van der Waals surface area contributed by atoms with Crippen LogP contribution in [0.5, 0.6) is 0 Å². The third-order valence-corrected chi connectivity index (χ3v) is 5.61. The molecule has 3 fully saturated rings. The van der Waals surface area contributed by atoms with E-state index in [9.17, 15) is 9.18 Å². The minimum atomic E-state index is -0.182. The second-order valence-corrected chi connectivity index (χ2v) is 7.06. The highest BCUT2D eigenvalue weighted by Crippen LogP contribution is 2.24. The summed E-state index contributed by atoms with van der Waals surface area (Å²) in [7, 11) is 0. The van der Waals surface area contributed by atoms with E-state index in [1.807, 2.05) is 12.1 Å². The highest BCUT2D eigenvalue weighted by atomic mass is 19.1. The van der Waals surface area contributed by atoms with E-state index < -0.39 is 0 Å². The fourth-order valence-electron chi connectivity index (χ4n) is 4.07. The van der Waals surface area contributed by atoms with Crippen molar-refractivity contribution >= 4 is 11.6 Å². The molecule has 0 bridgehead atoms. The van der Waals surface area contributed by atoms with Gasteiger partial charge in [-0.2, -0.15) is 0 Å². The number of halogens is 1. The average molecular weight is 332 g/mol. The van der Waals surface area contributed by atoms with Gasteiger partial charge in [-0.3, -0.25) is 14.6 Å². The van der Waals surface area contributed by atoms with Crippen molar-refractivity contribution in [2.24, 2.45) is 0 Å². The minimum Gasteiger partial charge on any atom is -0.369 e. The van der Waals surface area contributed by atoms with Crippen LogP contribution in [0, 0.1) is 5.82 Å². The van der Waals surface area contributed by atoms with Crippen LogP contribution >= 0.6 is 0 Å². The average Bonchev–Trinajstić information content (AvgIpc) is 2.57. The van der Waals surface area contributed by atoms with Gasteiger partial charge in [0.2, 0.25) is 5.91 Å². The highest BCUT2D eigenvalue weighted by Gasteiger charge is 2.40. The lowest BCUT2D eigenvalue weighted by atomic mass is 9.97. The molecule has 1 aromatic rings. The van der Waals surface area contributed by atoms with Crippen molar-refractivity contribution in [3.05, 3.63) is 30.1 Å². The molecule has 3 aliphatic rings. The number of benzene rings is 1. The van der Waals surface area contributed by atoms with Crippen LogP contribution in [0.1, 0.15) is 12.8 Å². The normalized spacial score (nSPS) is 27.0. The molecule has 4 rings (SSSR count). The van der Waals surface area contributed by atoms with Crippen LogP contribution in [0.3, 0.4) is 0 Å². The standard InChI is InChI=1S/C18H25FN4O/c19-14-3-5-15(6-4-14)21-8-10-22(11-9-21)16-12-23(13-16)17-2-1-7-20-18(17)24/h3-6,16-17H,1-2,7-13H2,(H,20,24). The zero-order valence-corrected chi connectivity index (χ0v) is 14.0. The Morgan fingerprint density at radius 2 is 1.71 bits per heavy atom. The van der Waals surface area contributed by atoms with E-state index in [1.165, 1.54) is 12.1 Å². The van der Waals surface area contributed by atoms with Gasteiger partial charge in [0, 0.05) is 57.5 Å². The smallest absolute Gasteiger partial charge is 0.237 e. The van der Waals surface area contributed by atoms with Gasteiger partial charge in [0.1, 0.15) is 5.82 Å². The lowest BCUT2D eigenvalue weighted by molar-refractivity contribution is -0.132. The number of likely N-dealkylation sites (tertiary alicyclic amines) is 1. The summed E-state index contributed by atoms with van der Waals surface area (Å²) >= 11 is 0. The molecule has 6 heteroatoms. The molecule has 0 aromatic heterocycles. The van der Waals surface area contributed by atoms with Gasteiger partial charge >= 0.3 is 0 Å². The zero-order chi connectivity index (χ0) is 16.5. The second-order valence-electron chi connectivity index (χ2n) is 7.06. The molecule has 5 nitrogen and oxygen atoms in total. The van der Waals surface area contributed by atoms with Crippen molar-refractivity contribution in [2.75, 3.05) is 50.7 Å². The van der Waals surface area contributed by atoms with E-state index in [4.69, 9.17) is 0 Å². The molecular formula is C18H25FN4O. The van der Waals surface area contributed by atoms with E-state index in [0.717, 1.165) is 64.3 Å². The Kier molecular flexibility index (Phi) is 4.41. The highest BCUT2D eigenvalue weighted by molar-refractivity contribution is 5.82. The SMILES string of the molecule is O=C1NCCCC1N1CC(N2CCN(c3ccc(F)cc3)CC2)C1.